The van der Waals surface area contributed by atoms with Crippen molar-refractivity contribution in [3.63, 3.8) is 0 Å². The number of amides is 1. The summed E-state index contributed by atoms with van der Waals surface area (Å²) in [4.78, 5) is 11.8. The van der Waals surface area contributed by atoms with Gasteiger partial charge < -0.3 is 14.6 Å². The van der Waals surface area contributed by atoms with Crippen molar-refractivity contribution in [3.05, 3.63) is 42.5 Å². The highest BCUT2D eigenvalue weighted by Gasteiger charge is 2.09. The zero-order valence-corrected chi connectivity index (χ0v) is 11.4. The Bertz CT molecular complexity index is 749. The maximum Gasteiger partial charge on any atom is 0.240 e. The lowest BCUT2D eigenvalue weighted by Gasteiger charge is -2.05. The second kappa shape index (κ2) is 5.61. The Labute approximate surface area is 120 Å². The van der Waals surface area contributed by atoms with E-state index in [1.807, 2.05) is 24.5 Å². The number of fused-ring (bicyclic) bond motifs is 1. The molecule has 21 heavy (non-hydrogen) atoms. The number of aromatic nitrogens is 5. The zero-order valence-electron chi connectivity index (χ0n) is 11.4. The fourth-order valence-corrected chi connectivity index (χ4v) is 1.91. The molecule has 108 valence electrons. The van der Waals surface area contributed by atoms with Crippen molar-refractivity contribution < 1.29 is 9.53 Å². The molecular weight excluding hydrogens is 272 g/mol. The molecule has 3 rings (SSSR count). The highest BCUT2D eigenvalue weighted by atomic mass is 16.5. The third-order valence-electron chi connectivity index (χ3n) is 2.95. The van der Waals surface area contributed by atoms with Crippen LogP contribution in [0, 0.1) is 0 Å². The Morgan fingerprint density at radius 1 is 1.29 bits per heavy atom. The first-order chi connectivity index (χ1) is 10.3. The molecule has 8 heteroatoms. The Morgan fingerprint density at radius 2 is 2.10 bits per heavy atom. The molecule has 0 aliphatic carbocycles. The van der Waals surface area contributed by atoms with E-state index in [0.717, 1.165) is 0 Å². The van der Waals surface area contributed by atoms with E-state index in [4.69, 9.17) is 4.74 Å². The fourth-order valence-electron chi connectivity index (χ4n) is 1.91. The van der Waals surface area contributed by atoms with Gasteiger partial charge in [-0.3, -0.25) is 4.79 Å². The quantitative estimate of drug-likeness (QED) is 0.726. The van der Waals surface area contributed by atoms with E-state index < -0.39 is 0 Å². The van der Waals surface area contributed by atoms with Crippen LogP contribution in [0.1, 0.15) is 5.82 Å². The number of ether oxygens (including phenoxy) is 1. The number of hydrogen-bond donors (Lipinski definition) is 1. The summed E-state index contributed by atoms with van der Waals surface area (Å²) in [6.07, 6.45) is 3.66. The lowest BCUT2D eigenvalue weighted by atomic mass is 10.5. The first-order valence-electron chi connectivity index (χ1n) is 6.39. The van der Waals surface area contributed by atoms with Crippen LogP contribution in [0.3, 0.4) is 0 Å². The van der Waals surface area contributed by atoms with Crippen molar-refractivity contribution in [3.8, 4) is 5.88 Å². The predicted octanol–water partition coefficient (Wildman–Crippen LogP) is 0.251. The molecule has 0 radical (unpaired) electrons. The average Bonchev–Trinajstić information content (AvgIpc) is 3.14. The third kappa shape index (κ3) is 2.83. The lowest BCUT2D eigenvalue weighted by molar-refractivity contribution is -0.121. The Morgan fingerprint density at radius 3 is 2.86 bits per heavy atom. The van der Waals surface area contributed by atoms with Gasteiger partial charge in [0.2, 0.25) is 11.8 Å². The molecule has 0 bridgehead atoms. The number of methoxy groups -OCH3 is 1. The molecule has 0 spiro atoms. The van der Waals surface area contributed by atoms with Gasteiger partial charge in [0, 0.05) is 18.5 Å². The maximum absolute atomic E-state index is 11.8. The summed E-state index contributed by atoms with van der Waals surface area (Å²) in [5.41, 5.74) is 0.602. The van der Waals surface area contributed by atoms with Crippen LogP contribution in [0.15, 0.2) is 36.7 Å². The summed E-state index contributed by atoms with van der Waals surface area (Å²) in [6, 6.07) is 7.20. The summed E-state index contributed by atoms with van der Waals surface area (Å²) in [6.45, 7) is 0.516. The van der Waals surface area contributed by atoms with Crippen molar-refractivity contribution in [2.45, 2.75) is 13.1 Å². The minimum absolute atomic E-state index is 0.106. The molecule has 0 atom stereocenters. The summed E-state index contributed by atoms with van der Waals surface area (Å²) < 4.78 is 8.40. The Kier molecular flexibility index (Phi) is 3.50. The van der Waals surface area contributed by atoms with Crippen LogP contribution in [0.4, 0.5) is 0 Å². The Balaban J connectivity index is 1.68. The molecule has 0 fully saturated rings. The predicted molar refractivity (Wildman–Crippen MR) is 73.6 cm³/mol. The van der Waals surface area contributed by atoms with Gasteiger partial charge in [0.05, 0.1) is 13.7 Å². The van der Waals surface area contributed by atoms with Crippen LogP contribution in [0.5, 0.6) is 5.88 Å². The number of carbonyl (C=O) groups excluding carboxylic acids is 1. The van der Waals surface area contributed by atoms with Gasteiger partial charge in [-0.2, -0.15) is 4.52 Å². The normalized spacial score (nSPS) is 10.7. The lowest BCUT2D eigenvalue weighted by Crippen LogP contribution is -2.27. The van der Waals surface area contributed by atoms with Gasteiger partial charge in [-0.05, 0) is 18.2 Å². The first-order valence-corrected chi connectivity index (χ1v) is 6.39. The first kappa shape index (κ1) is 13.1. The number of nitrogens with zero attached hydrogens (tertiary/aromatic N) is 5. The molecule has 0 unspecified atom stereocenters. The maximum atomic E-state index is 11.8. The van der Waals surface area contributed by atoms with Gasteiger partial charge in [0.25, 0.3) is 0 Å². The van der Waals surface area contributed by atoms with Gasteiger partial charge in [-0.15, -0.1) is 15.3 Å². The van der Waals surface area contributed by atoms with Crippen LogP contribution in [0.25, 0.3) is 5.65 Å². The minimum Gasteiger partial charge on any atom is -0.480 e. The van der Waals surface area contributed by atoms with Crippen LogP contribution in [-0.2, 0) is 17.9 Å². The molecule has 0 saturated carbocycles. The monoisotopic (exact) mass is 286 g/mol. The van der Waals surface area contributed by atoms with Crippen LogP contribution in [-0.4, -0.2) is 37.4 Å². The van der Waals surface area contributed by atoms with Gasteiger partial charge >= 0.3 is 0 Å². The largest absolute Gasteiger partial charge is 0.480 e. The number of hydrogen-bond acceptors (Lipinski definition) is 5. The van der Waals surface area contributed by atoms with Crippen LogP contribution in [0.2, 0.25) is 0 Å². The second-order valence-corrected chi connectivity index (χ2v) is 4.39. The van der Waals surface area contributed by atoms with Crippen molar-refractivity contribution in [2.24, 2.45) is 0 Å². The highest BCUT2D eigenvalue weighted by Crippen LogP contribution is 2.08. The molecule has 3 aromatic heterocycles. The summed E-state index contributed by atoms with van der Waals surface area (Å²) in [5, 5.41) is 15.0. The smallest absolute Gasteiger partial charge is 0.240 e. The Hall–Kier alpha value is -2.90. The van der Waals surface area contributed by atoms with Crippen LogP contribution >= 0.6 is 0 Å². The molecule has 8 nitrogen and oxygen atoms in total. The van der Waals surface area contributed by atoms with Gasteiger partial charge in [0.1, 0.15) is 6.54 Å². The number of rotatable bonds is 5. The highest BCUT2D eigenvalue weighted by molar-refractivity contribution is 5.75. The van der Waals surface area contributed by atoms with Crippen molar-refractivity contribution in [1.29, 1.82) is 0 Å². The van der Waals surface area contributed by atoms with E-state index in [1.54, 1.807) is 21.2 Å². The van der Waals surface area contributed by atoms with E-state index in [2.05, 4.69) is 20.6 Å². The second-order valence-electron chi connectivity index (χ2n) is 4.39. The molecule has 0 aliphatic heterocycles. The third-order valence-corrected chi connectivity index (χ3v) is 2.95. The van der Waals surface area contributed by atoms with E-state index in [1.165, 1.54) is 7.11 Å². The molecule has 3 heterocycles. The fraction of sp³-hybridized carbons (Fsp3) is 0.231. The van der Waals surface area contributed by atoms with Crippen molar-refractivity contribution in [1.82, 2.24) is 29.7 Å². The molecule has 0 aromatic carbocycles. The van der Waals surface area contributed by atoms with E-state index in [-0.39, 0.29) is 19.0 Å². The molecule has 1 N–H and O–H groups in total. The standard InChI is InChI=1S/C13H14N6O2/c1-21-13-5-4-10-15-16-11(19(10)17-13)8-14-12(20)9-18-6-2-3-7-18/h2-7H,8-9H2,1H3,(H,14,20). The number of nitrogens with one attached hydrogen (secondary N) is 1. The van der Waals surface area contributed by atoms with Crippen LogP contribution < -0.4 is 10.1 Å². The van der Waals surface area contributed by atoms with E-state index in [9.17, 15) is 4.79 Å². The summed E-state index contributed by atoms with van der Waals surface area (Å²) in [7, 11) is 1.54. The topological polar surface area (TPSA) is 86.3 Å². The van der Waals surface area contributed by atoms with E-state index in [0.29, 0.717) is 17.4 Å². The molecule has 1 amide bonds. The number of carbonyl (C=O) groups is 1. The summed E-state index contributed by atoms with van der Waals surface area (Å²) >= 11 is 0. The molecule has 0 saturated heterocycles. The average molecular weight is 286 g/mol. The zero-order chi connectivity index (χ0) is 14.7. The van der Waals surface area contributed by atoms with Gasteiger partial charge in [-0.1, -0.05) is 0 Å². The van der Waals surface area contributed by atoms with E-state index >= 15 is 0 Å². The molecule has 0 aliphatic rings. The summed E-state index contributed by atoms with van der Waals surface area (Å²) in [5.74, 6) is 0.901. The van der Waals surface area contributed by atoms with Crippen molar-refractivity contribution in [2.75, 3.05) is 7.11 Å². The minimum atomic E-state index is -0.106. The van der Waals surface area contributed by atoms with Gasteiger partial charge in [0.15, 0.2) is 11.5 Å². The van der Waals surface area contributed by atoms with Gasteiger partial charge in [-0.25, -0.2) is 0 Å². The molecular formula is C13H14N6O2. The SMILES string of the molecule is COc1ccc2nnc(CNC(=O)Cn3cccc3)n2n1. The molecule has 3 aromatic rings. The van der Waals surface area contributed by atoms with Crippen molar-refractivity contribution >= 4 is 11.6 Å².